The first-order chi connectivity index (χ1) is 7.45. The molecule has 0 N–H and O–H groups in total. The van der Waals surface area contributed by atoms with E-state index in [-0.39, 0.29) is 12.0 Å². The number of halogens is 4. The van der Waals surface area contributed by atoms with E-state index >= 15 is 0 Å². The largest absolute Gasteiger partial charge is 0.469 e. The van der Waals surface area contributed by atoms with Crippen molar-refractivity contribution in [3.63, 3.8) is 0 Å². The summed E-state index contributed by atoms with van der Waals surface area (Å²) in [5.74, 6) is -1.92. The van der Waals surface area contributed by atoms with Gasteiger partial charge in [-0.1, -0.05) is 11.6 Å². The van der Waals surface area contributed by atoms with Gasteiger partial charge in [-0.05, 0) is 11.6 Å². The fraction of sp³-hybridized carbons (Fsp3) is 0.333. The van der Waals surface area contributed by atoms with E-state index in [1.807, 2.05) is 0 Å². The molecular formula is C9H7ClF3NO2. The molecule has 0 aromatic carbocycles. The Labute approximate surface area is 94.2 Å². The summed E-state index contributed by atoms with van der Waals surface area (Å²) in [7, 11) is 1.13. The normalized spacial score (nSPS) is 10.6. The standard InChI is InChI=1S/C9H7ClF3NO2/c1-16-6(15)3-4-2-5(8(11)12)14-9(13)7(4)10/h2,8H,3H2,1H3. The van der Waals surface area contributed by atoms with Crippen LogP contribution in [-0.2, 0) is 16.0 Å². The second kappa shape index (κ2) is 5.16. The van der Waals surface area contributed by atoms with Crippen molar-refractivity contribution in [2.75, 3.05) is 7.11 Å². The topological polar surface area (TPSA) is 39.2 Å². The van der Waals surface area contributed by atoms with Crippen molar-refractivity contribution in [1.29, 1.82) is 0 Å². The molecule has 1 aromatic rings. The van der Waals surface area contributed by atoms with Gasteiger partial charge in [-0.15, -0.1) is 0 Å². The van der Waals surface area contributed by atoms with Crippen molar-refractivity contribution in [3.05, 3.63) is 28.3 Å². The predicted molar refractivity (Wildman–Crippen MR) is 49.9 cm³/mol. The van der Waals surface area contributed by atoms with E-state index in [0.29, 0.717) is 0 Å². The summed E-state index contributed by atoms with van der Waals surface area (Å²) in [6.07, 6.45) is -3.31. The molecule has 16 heavy (non-hydrogen) atoms. The van der Waals surface area contributed by atoms with E-state index in [0.717, 1.165) is 13.2 Å². The summed E-state index contributed by atoms with van der Waals surface area (Å²) >= 11 is 5.48. The lowest BCUT2D eigenvalue weighted by Gasteiger charge is -2.06. The van der Waals surface area contributed by atoms with Crippen molar-refractivity contribution in [2.45, 2.75) is 12.8 Å². The molecular weight excluding hydrogens is 247 g/mol. The van der Waals surface area contributed by atoms with Crippen molar-refractivity contribution >= 4 is 17.6 Å². The zero-order valence-corrected chi connectivity index (χ0v) is 8.89. The lowest BCUT2D eigenvalue weighted by atomic mass is 10.1. The van der Waals surface area contributed by atoms with Crippen molar-refractivity contribution in [1.82, 2.24) is 4.98 Å². The van der Waals surface area contributed by atoms with Crippen LogP contribution in [0, 0.1) is 5.95 Å². The van der Waals surface area contributed by atoms with Gasteiger partial charge in [0.2, 0.25) is 5.95 Å². The van der Waals surface area contributed by atoms with E-state index in [1.54, 1.807) is 0 Å². The SMILES string of the molecule is COC(=O)Cc1cc(C(F)F)nc(F)c1Cl. The van der Waals surface area contributed by atoms with Crippen molar-refractivity contribution in [2.24, 2.45) is 0 Å². The minimum atomic E-state index is -2.93. The van der Waals surface area contributed by atoms with E-state index in [2.05, 4.69) is 9.72 Å². The summed E-state index contributed by atoms with van der Waals surface area (Å²) in [6.45, 7) is 0. The number of carbonyl (C=O) groups is 1. The third-order valence-electron chi connectivity index (χ3n) is 1.80. The number of aromatic nitrogens is 1. The molecule has 0 saturated heterocycles. The zero-order chi connectivity index (χ0) is 12.3. The van der Waals surface area contributed by atoms with Crippen LogP contribution in [0.5, 0.6) is 0 Å². The van der Waals surface area contributed by atoms with Crippen LogP contribution < -0.4 is 0 Å². The van der Waals surface area contributed by atoms with Crippen LogP contribution in [0.15, 0.2) is 6.07 Å². The van der Waals surface area contributed by atoms with Gasteiger partial charge in [-0.25, -0.2) is 13.8 Å². The van der Waals surface area contributed by atoms with E-state index in [4.69, 9.17) is 11.6 Å². The monoisotopic (exact) mass is 253 g/mol. The fourth-order valence-corrected chi connectivity index (χ4v) is 1.20. The molecule has 1 heterocycles. The zero-order valence-electron chi connectivity index (χ0n) is 8.14. The Bertz CT molecular complexity index is 412. The molecule has 3 nitrogen and oxygen atoms in total. The summed E-state index contributed by atoms with van der Waals surface area (Å²) in [4.78, 5) is 13.9. The van der Waals surface area contributed by atoms with Crippen LogP contribution in [0.2, 0.25) is 5.02 Å². The number of pyridine rings is 1. The van der Waals surface area contributed by atoms with E-state index in [9.17, 15) is 18.0 Å². The smallest absolute Gasteiger partial charge is 0.310 e. The molecule has 0 radical (unpaired) electrons. The van der Waals surface area contributed by atoms with Gasteiger partial charge in [-0.2, -0.15) is 4.39 Å². The van der Waals surface area contributed by atoms with Gasteiger partial charge in [0, 0.05) is 0 Å². The van der Waals surface area contributed by atoms with Crippen LogP contribution in [0.1, 0.15) is 17.7 Å². The molecule has 0 aliphatic rings. The van der Waals surface area contributed by atoms with Crippen LogP contribution in [-0.4, -0.2) is 18.1 Å². The summed E-state index contributed by atoms with van der Waals surface area (Å²) in [5, 5.41) is -0.449. The highest BCUT2D eigenvalue weighted by Gasteiger charge is 2.18. The molecule has 1 aromatic heterocycles. The number of ether oxygens (including phenoxy) is 1. The molecule has 0 spiro atoms. The first kappa shape index (κ1) is 12.8. The molecule has 7 heteroatoms. The number of methoxy groups -OCH3 is 1. The van der Waals surface area contributed by atoms with Gasteiger partial charge in [0.1, 0.15) is 5.69 Å². The van der Waals surface area contributed by atoms with Gasteiger partial charge in [-0.3, -0.25) is 4.79 Å². The third kappa shape index (κ3) is 2.85. The predicted octanol–water partition coefficient (Wildman–Crippen LogP) is 2.53. The van der Waals surface area contributed by atoms with Gasteiger partial charge in [0.15, 0.2) is 0 Å². The summed E-state index contributed by atoms with van der Waals surface area (Å²) in [5.41, 5.74) is -0.836. The van der Waals surface area contributed by atoms with Gasteiger partial charge in [0.25, 0.3) is 6.43 Å². The number of rotatable bonds is 3. The molecule has 0 unspecified atom stereocenters. The lowest BCUT2D eigenvalue weighted by Crippen LogP contribution is -2.07. The van der Waals surface area contributed by atoms with E-state index < -0.39 is 29.1 Å². The van der Waals surface area contributed by atoms with Crippen LogP contribution in [0.3, 0.4) is 0 Å². The molecule has 88 valence electrons. The van der Waals surface area contributed by atoms with Gasteiger partial charge in [0.05, 0.1) is 18.6 Å². The number of nitrogens with zero attached hydrogens (tertiary/aromatic N) is 1. The molecule has 0 aliphatic carbocycles. The minimum absolute atomic E-state index is 0.0729. The highest BCUT2D eigenvalue weighted by molar-refractivity contribution is 6.31. The van der Waals surface area contributed by atoms with Gasteiger partial charge < -0.3 is 4.74 Å². The Hall–Kier alpha value is -1.30. The maximum Gasteiger partial charge on any atom is 0.310 e. The molecule has 0 atom stereocenters. The number of hydrogen-bond acceptors (Lipinski definition) is 3. The van der Waals surface area contributed by atoms with E-state index in [1.165, 1.54) is 0 Å². The number of esters is 1. The molecule has 0 bridgehead atoms. The highest BCUT2D eigenvalue weighted by Crippen LogP contribution is 2.25. The maximum absolute atomic E-state index is 13.0. The Morgan fingerprint density at radius 1 is 1.62 bits per heavy atom. The number of hydrogen-bond donors (Lipinski definition) is 0. The first-order valence-electron chi connectivity index (χ1n) is 4.15. The fourth-order valence-electron chi connectivity index (χ4n) is 1.04. The second-order valence-corrected chi connectivity index (χ2v) is 3.24. The maximum atomic E-state index is 13.0. The van der Waals surface area contributed by atoms with Crippen LogP contribution >= 0.6 is 11.6 Å². The van der Waals surface area contributed by atoms with Crippen molar-refractivity contribution in [3.8, 4) is 0 Å². The molecule has 1 rings (SSSR count). The Morgan fingerprint density at radius 3 is 2.75 bits per heavy atom. The van der Waals surface area contributed by atoms with Crippen LogP contribution in [0.4, 0.5) is 13.2 Å². The molecule has 0 saturated carbocycles. The molecule has 0 amide bonds. The number of carbonyl (C=O) groups excluding carboxylic acids is 1. The summed E-state index contributed by atoms with van der Waals surface area (Å²) in [6, 6.07) is 0.882. The first-order valence-corrected chi connectivity index (χ1v) is 4.53. The average Bonchev–Trinajstić information content (AvgIpc) is 2.23. The van der Waals surface area contributed by atoms with Crippen LogP contribution in [0.25, 0.3) is 0 Å². The Balaban J connectivity index is 3.11. The van der Waals surface area contributed by atoms with Crippen molar-refractivity contribution < 1.29 is 22.7 Å². The molecule has 0 aliphatic heterocycles. The quantitative estimate of drug-likeness (QED) is 0.614. The highest BCUT2D eigenvalue weighted by atomic mass is 35.5. The third-order valence-corrected chi connectivity index (χ3v) is 2.20. The molecule has 0 fully saturated rings. The second-order valence-electron chi connectivity index (χ2n) is 2.86. The Kier molecular flexibility index (Phi) is 4.12. The minimum Gasteiger partial charge on any atom is -0.469 e. The average molecular weight is 254 g/mol. The Morgan fingerprint density at radius 2 is 2.25 bits per heavy atom. The van der Waals surface area contributed by atoms with Gasteiger partial charge >= 0.3 is 5.97 Å². The number of alkyl halides is 2. The summed E-state index contributed by atoms with van der Waals surface area (Å²) < 4.78 is 41.9. The lowest BCUT2D eigenvalue weighted by molar-refractivity contribution is -0.139.